The van der Waals surface area contributed by atoms with Crippen LogP contribution < -0.4 is 0 Å². The lowest BCUT2D eigenvalue weighted by molar-refractivity contribution is -0.0946. The van der Waals surface area contributed by atoms with E-state index >= 15 is 0 Å². The fourth-order valence-electron chi connectivity index (χ4n) is 2.48. The number of unbranched alkanes of at least 4 members (excludes halogenated alkanes) is 9. The van der Waals surface area contributed by atoms with Crippen molar-refractivity contribution in [3.8, 4) is 0 Å². The van der Waals surface area contributed by atoms with Crippen LogP contribution in [0.15, 0.2) is 0 Å². The molecule has 2 nitrogen and oxygen atoms in total. The van der Waals surface area contributed by atoms with Gasteiger partial charge in [0.2, 0.25) is 0 Å². The van der Waals surface area contributed by atoms with E-state index in [4.69, 9.17) is 4.74 Å². The fraction of sp³-hybridized carbons (Fsp3) is 1.00. The lowest BCUT2D eigenvalue weighted by atomic mass is 9.98. The first-order valence-electron chi connectivity index (χ1n) is 9.13. The molecule has 21 heavy (non-hydrogen) atoms. The van der Waals surface area contributed by atoms with Crippen molar-refractivity contribution >= 4 is 0 Å². The quantitative estimate of drug-likeness (QED) is 0.407. The van der Waals surface area contributed by atoms with Gasteiger partial charge in [0.25, 0.3) is 0 Å². The van der Waals surface area contributed by atoms with Gasteiger partial charge in [-0.05, 0) is 34.1 Å². The van der Waals surface area contributed by atoms with Gasteiger partial charge in [0, 0.05) is 0 Å². The van der Waals surface area contributed by atoms with Crippen LogP contribution in [-0.2, 0) is 4.74 Å². The molecular weight excluding hydrogens is 260 g/mol. The van der Waals surface area contributed by atoms with E-state index in [1.165, 1.54) is 64.2 Å². The minimum Gasteiger partial charge on any atom is -0.388 e. The Morgan fingerprint density at radius 2 is 1.14 bits per heavy atom. The number of hydrogen-bond donors (Lipinski definition) is 1. The molecule has 0 saturated carbocycles. The number of aliphatic hydroxyl groups is 1. The van der Waals surface area contributed by atoms with Crippen LogP contribution in [0.5, 0.6) is 0 Å². The molecule has 0 heterocycles. The monoisotopic (exact) mass is 300 g/mol. The molecule has 1 N–H and O–H groups in total. The minimum atomic E-state index is -0.727. The number of hydrogen-bond acceptors (Lipinski definition) is 2. The third-order valence-electron chi connectivity index (χ3n) is 3.95. The van der Waals surface area contributed by atoms with Crippen LogP contribution in [0.3, 0.4) is 0 Å². The molecule has 0 aromatic heterocycles. The third kappa shape index (κ3) is 16.1. The van der Waals surface area contributed by atoms with Gasteiger partial charge in [-0.15, -0.1) is 0 Å². The Labute approximate surface area is 133 Å². The molecule has 0 saturated heterocycles. The molecule has 0 aliphatic heterocycles. The summed E-state index contributed by atoms with van der Waals surface area (Å²) >= 11 is 0. The molecule has 0 bridgehead atoms. The lowest BCUT2D eigenvalue weighted by Crippen LogP contribution is -2.34. The van der Waals surface area contributed by atoms with E-state index < -0.39 is 5.60 Å². The minimum absolute atomic E-state index is 0.111. The van der Waals surface area contributed by atoms with Gasteiger partial charge in [-0.25, -0.2) is 0 Å². The molecule has 0 aliphatic rings. The number of rotatable bonds is 14. The molecule has 0 rings (SSSR count). The largest absolute Gasteiger partial charge is 0.388 e. The summed E-state index contributed by atoms with van der Waals surface area (Å²) in [5, 5.41) is 9.70. The average molecular weight is 301 g/mol. The molecule has 0 unspecified atom stereocenters. The van der Waals surface area contributed by atoms with Crippen molar-refractivity contribution < 1.29 is 9.84 Å². The summed E-state index contributed by atoms with van der Waals surface area (Å²) in [5.41, 5.74) is -0.838. The highest BCUT2D eigenvalue weighted by Crippen LogP contribution is 2.21. The van der Waals surface area contributed by atoms with E-state index in [1.807, 2.05) is 0 Å². The van der Waals surface area contributed by atoms with Crippen LogP contribution in [0.4, 0.5) is 0 Å². The molecule has 0 fully saturated rings. The maximum absolute atomic E-state index is 9.70. The third-order valence-corrected chi connectivity index (χ3v) is 3.95. The van der Waals surface area contributed by atoms with Crippen molar-refractivity contribution in [2.45, 2.75) is 116 Å². The molecule has 2 heteroatoms. The van der Waals surface area contributed by atoms with Gasteiger partial charge in [0.1, 0.15) is 0 Å². The first-order chi connectivity index (χ1) is 9.77. The van der Waals surface area contributed by atoms with Crippen LogP contribution in [0.2, 0.25) is 0 Å². The Hall–Kier alpha value is -0.0800. The first kappa shape index (κ1) is 20.9. The fourth-order valence-corrected chi connectivity index (χ4v) is 2.48. The van der Waals surface area contributed by atoms with Crippen molar-refractivity contribution in [1.82, 2.24) is 0 Å². The van der Waals surface area contributed by atoms with Crippen LogP contribution >= 0.6 is 0 Å². The van der Waals surface area contributed by atoms with E-state index in [0.717, 1.165) is 6.42 Å². The van der Waals surface area contributed by atoms with Crippen LogP contribution in [0.25, 0.3) is 0 Å². The van der Waals surface area contributed by atoms with E-state index in [9.17, 15) is 5.11 Å². The summed E-state index contributed by atoms with van der Waals surface area (Å²) < 4.78 is 5.83. The van der Waals surface area contributed by atoms with Gasteiger partial charge >= 0.3 is 0 Å². The molecular formula is C19H40O2. The average Bonchev–Trinajstić information content (AvgIpc) is 2.38. The zero-order valence-corrected chi connectivity index (χ0v) is 15.3. The second kappa shape index (κ2) is 11.5. The van der Waals surface area contributed by atoms with E-state index in [1.54, 1.807) is 13.8 Å². The Balaban J connectivity index is 3.40. The Kier molecular flexibility index (Phi) is 11.4. The molecule has 0 spiro atoms. The Morgan fingerprint density at radius 1 is 0.714 bits per heavy atom. The summed E-state index contributed by atoms with van der Waals surface area (Å²) in [5.74, 6) is 0. The highest BCUT2D eigenvalue weighted by atomic mass is 16.5. The zero-order chi connectivity index (χ0) is 16.2. The van der Waals surface area contributed by atoms with Crippen LogP contribution in [0.1, 0.15) is 105 Å². The van der Waals surface area contributed by atoms with Gasteiger partial charge in [-0.1, -0.05) is 71.1 Å². The first-order valence-corrected chi connectivity index (χ1v) is 9.13. The lowest BCUT2D eigenvalue weighted by Gasteiger charge is -2.29. The van der Waals surface area contributed by atoms with Gasteiger partial charge in [-0.2, -0.15) is 0 Å². The van der Waals surface area contributed by atoms with Crippen molar-refractivity contribution in [2.75, 3.05) is 6.61 Å². The molecule has 0 atom stereocenters. The van der Waals surface area contributed by atoms with Gasteiger partial charge in [-0.3, -0.25) is 0 Å². The normalized spacial score (nSPS) is 12.9. The second-order valence-corrected chi connectivity index (χ2v) is 7.79. The number of ether oxygens (including phenoxy) is 1. The predicted molar refractivity (Wildman–Crippen MR) is 92.8 cm³/mol. The van der Waals surface area contributed by atoms with Crippen LogP contribution in [0, 0.1) is 0 Å². The molecule has 0 aliphatic carbocycles. The van der Waals surface area contributed by atoms with Gasteiger partial charge < -0.3 is 9.84 Å². The summed E-state index contributed by atoms with van der Waals surface area (Å²) in [6, 6.07) is 0. The van der Waals surface area contributed by atoms with E-state index in [-0.39, 0.29) is 5.60 Å². The topological polar surface area (TPSA) is 29.5 Å². The van der Waals surface area contributed by atoms with Gasteiger partial charge in [0.05, 0.1) is 17.8 Å². The van der Waals surface area contributed by atoms with Crippen molar-refractivity contribution in [3.63, 3.8) is 0 Å². The molecule has 0 amide bonds. The Bertz CT molecular complexity index is 228. The van der Waals surface area contributed by atoms with E-state index in [2.05, 4.69) is 20.8 Å². The van der Waals surface area contributed by atoms with E-state index in [0.29, 0.717) is 6.61 Å². The predicted octanol–water partition coefficient (Wildman–Crippen LogP) is 5.86. The maximum Gasteiger partial charge on any atom is 0.0824 e. The van der Waals surface area contributed by atoms with Crippen molar-refractivity contribution in [3.05, 3.63) is 0 Å². The molecule has 0 radical (unpaired) electrons. The van der Waals surface area contributed by atoms with Crippen molar-refractivity contribution in [1.29, 1.82) is 0 Å². The Morgan fingerprint density at radius 3 is 1.57 bits per heavy atom. The summed E-state index contributed by atoms with van der Waals surface area (Å²) in [4.78, 5) is 0. The maximum atomic E-state index is 9.70. The summed E-state index contributed by atoms with van der Waals surface area (Å²) in [6.45, 7) is 10.5. The molecule has 0 aromatic rings. The standard InChI is InChI=1S/C19H40O2/c1-6-7-8-9-10-11-12-13-14-15-16-19(4,5)21-17-18(2,3)20/h20H,6-17H2,1-5H3. The molecule has 0 aromatic carbocycles. The second-order valence-electron chi connectivity index (χ2n) is 7.79. The smallest absolute Gasteiger partial charge is 0.0824 e. The van der Waals surface area contributed by atoms with Crippen molar-refractivity contribution in [2.24, 2.45) is 0 Å². The highest BCUT2D eigenvalue weighted by molar-refractivity contribution is 4.72. The highest BCUT2D eigenvalue weighted by Gasteiger charge is 2.22. The van der Waals surface area contributed by atoms with Crippen LogP contribution in [-0.4, -0.2) is 22.9 Å². The summed E-state index contributed by atoms with van der Waals surface area (Å²) in [7, 11) is 0. The van der Waals surface area contributed by atoms with Gasteiger partial charge in [0.15, 0.2) is 0 Å². The molecule has 128 valence electrons. The summed E-state index contributed by atoms with van der Waals surface area (Å²) in [6.07, 6.45) is 14.8. The SMILES string of the molecule is CCCCCCCCCCCCC(C)(C)OCC(C)(C)O. The zero-order valence-electron chi connectivity index (χ0n) is 15.3.